The number of oxazole rings is 1. The molecule has 0 atom stereocenters. The van der Waals surface area contributed by atoms with Crippen molar-refractivity contribution in [2.75, 3.05) is 0 Å². The summed E-state index contributed by atoms with van der Waals surface area (Å²) in [4.78, 5) is 4.10. The standard InChI is InChI=1S/C10H6Br2ClNO/c11-4-9-10(15-5-14-9)6-1-7(12)3-8(13)2-6/h1-3,5H,4H2. The predicted octanol–water partition coefficient (Wildman–Crippen LogP) is 4.65. The van der Waals surface area contributed by atoms with E-state index in [1.54, 1.807) is 0 Å². The van der Waals surface area contributed by atoms with Crippen molar-refractivity contribution in [1.82, 2.24) is 4.98 Å². The fraction of sp³-hybridized carbons (Fsp3) is 0.100. The average molecular weight is 351 g/mol. The van der Waals surface area contributed by atoms with E-state index in [0.717, 1.165) is 21.5 Å². The summed E-state index contributed by atoms with van der Waals surface area (Å²) < 4.78 is 6.25. The van der Waals surface area contributed by atoms with E-state index >= 15 is 0 Å². The number of hydrogen-bond acceptors (Lipinski definition) is 2. The Morgan fingerprint density at radius 1 is 1.33 bits per heavy atom. The van der Waals surface area contributed by atoms with Crippen LogP contribution in [0.4, 0.5) is 0 Å². The van der Waals surface area contributed by atoms with E-state index in [-0.39, 0.29) is 0 Å². The van der Waals surface area contributed by atoms with E-state index in [9.17, 15) is 0 Å². The molecule has 0 saturated heterocycles. The average Bonchev–Trinajstić information content (AvgIpc) is 2.63. The van der Waals surface area contributed by atoms with Gasteiger partial charge in [-0.25, -0.2) is 4.98 Å². The van der Waals surface area contributed by atoms with Crippen LogP contribution in [0.25, 0.3) is 11.3 Å². The fourth-order valence-electron chi connectivity index (χ4n) is 1.28. The third-order valence-electron chi connectivity index (χ3n) is 1.89. The number of alkyl halides is 1. The number of benzene rings is 1. The van der Waals surface area contributed by atoms with E-state index in [0.29, 0.717) is 10.4 Å². The molecule has 0 N–H and O–H groups in total. The summed E-state index contributed by atoms with van der Waals surface area (Å²) in [5.41, 5.74) is 1.78. The molecule has 0 unspecified atom stereocenters. The number of halogens is 3. The maximum absolute atomic E-state index is 5.96. The molecule has 5 heteroatoms. The lowest BCUT2D eigenvalue weighted by Gasteiger charge is -2.01. The van der Waals surface area contributed by atoms with Crippen LogP contribution >= 0.6 is 43.5 Å². The maximum atomic E-state index is 5.96. The van der Waals surface area contributed by atoms with Crippen LogP contribution in [-0.4, -0.2) is 4.98 Å². The minimum Gasteiger partial charge on any atom is -0.443 e. The van der Waals surface area contributed by atoms with Gasteiger partial charge in [0.05, 0.1) is 5.69 Å². The van der Waals surface area contributed by atoms with Gasteiger partial charge in [0.2, 0.25) is 0 Å². The van der Waals surface area contributed by atoms with Crippen molar-refractivity contribution in [3.8, 4) is 11.3 Å². The lowest BCUT2D eigenvalue weighted by atomic mass is 10.1. The Balaban J connectivity index is 2.53. The van der Waals surface area contributed by atoms with E-state index in [4.69, 9.17) is 16.0 Å². The van der Waals surface area contributed by atoms with Gasteiger partial charge < -0.3 is 4.42 Å². The van der Waals surface area contributed by atoms with Crippen LogP contribution < -0.4 is 0 Å². The van der Waals surface area contributed by atoms with E-state index < -0.39 is 0 Å². The van der Waals surface area contributed by atoms with Crippen molar-refractivity contribution >= 4 is 43.5 Å². The van der Waals surface area contributed by atoms with Gasteiger partial charge in [0.1, 0.15) is 0 Å². The molecule has 2 aromatic rings. The van der Waals surface area contributed by atoms with Gasteiger partial charge >= 0.3 is 0 Å². The molecule has 2 nitrogen and oxygen atoms in total. The molecule has 0 saturated carbocycles. The highest BCUT2D eigenvalue weighted by molar-refractivity contribution is 9.10. The van der Waals surface area contributed by atoms with Crippen LogP contribution in [0.1, 0.15) is 5.69 Å². The first-order valence-corrected chi connectivity index (χ1v) is 6.44. The minimum atomic E-state index is 0.656. The number of hydrogen-bond donors (Lipinski definition) is 0. The van der Waals surface area contributed by atoms with Gasteiger partial charge in [0.15, 0.2) is 12.2 Å². The maximum Gasteiger partial charge on any atom is 0.181 e. The van der Waals surface area contributed by atoms with Crippen LogP contribution in [0.3, 0.4) is 0 Å². The molecular formula is C10H6Br2ClNO. The molecule has 0 spiro atoms. The molecule has 0 aliphatic carbocycles. The summed E-state index contributed by atoms with van der Waals surface area (Å²) in [6.07, 6.45) is 1.43. The highest BCUT2D eigenvalue weighted by atomic mass is 79.9. The quantitative estimate of drug-likeness (QED) is 0.736. The van der Waals surface area contributed by atoms with Crippen LogP contribution in [0.15, 0.2) is 33.5 Å². The molecule has 1 heterocycles. The molecule has 78 valence electrons. The summed E-state index contributed by atoms with van der Waals surface area (Å²) in [7, 11) is 0. The van der Waals surface area contributed by atoms with Crippen molar-refractivity contribution in [2.24, 2.45) is 0 Å². The van der Waals surface area contributed by atoms with Gasteiger partial charge in [-0.05, 0) is 18.2 Å². The highest BCUT2D eigenvalue weighted by Gasteiger charge is 2.10. The second-order valence-corrected chi connectivity index (χ2v) is 4.83. The lowest BCUT2D eigenvalue weighted by Crippen LogP contribution is -1.83. The van der Waals surface area contributed by atoms with Gasteiger partial charge in [0, 0.05) is 20.4 Å². The summed E-state index contributed by atoms with van der Waals surface area (Å²) in [6, 6.07) is 5.62. The van der Waals surface area contributed by atoms with Crippen molar-refractivity contribution < 1.29 is 4.42 Å². The number of nitrogens with zero attached hydrogens (tertiary/aromatic N) is 1. The summed E-state index contributed by atoms with van der Waals surface area (Å²) in [5.74, 6) is 0.745. The molecule has 2 rings (SSSR count). The van der Waals surface area contributed by atoms with Gasteiger partial charge in [-0.3, -0.25) is 0 Å². The van der Waals surface area contributed by atoms with Crippen LogP contribution in [-0.2, 0) is 5.33 Å². The van der Waals surface area contributed by atoms with Gasteiger partial charge in [-0.1, -0.05) is 43.5 Å². The zero-order chi connectivity index (χ0) is 10.8. The number of aromatic nitrogens is 1. The smallest absolute Gasteiger partial charge is 0.181 e. The Labute approximate surface area is 109 Å². The molecule has 1 aromatic heterocycles. The summed E-state index contributed by atoms with van der Waals surface area (Å²) in [6.45, 7) is 0. The van der Waals surface area contributed by atoms with Gasteiger partial charge in [-0.15, -0.1) is 0 Å². The fourth-order valence-corrected chi connectivity index (χ4v) is 2.54. The molecule has 0 fully saturated rings. The molecule has 0 amide bonds. The molecule has 1 aromatic carbocycles. The lowest BCUT2D eigenvalue weighted by molar-refractivity contribution is 0.571. The van der Waals surface area contributed by atoms with Crippen molar-refractivity contribution in [3.05, 3.63) is 39.8 Å². The van der Waals surface area contributed by atoms with Crippen LogP contribution in [0.5, 0.6) is 0 Å². The largest absolute Gasteiger partial charge is 0.443 e. The van der Waals surface area contributed by atoms with Gasteiger partial charge in [-0.2, -0.15) is 0 Å². The Morgan fingerprint density at radius 2 is 2.13 bits per heavy atom. The third-order valence-corrected chi connectivity index (χ3v) is 3.10. The molecule has 0 aliphatic heterocycles. The molecule has 0 aliphatic rings. The van der Waals surface area contributed by atoms with E-state index in [1.165, 1.54) is 6.39 Å². The Bertz CT molecular complexity index is 464. The molecule has 0 bridgehead atoms. The summed E-state index contributed by atoms with van der Waals surface area (Å²) >= 11 is 12.7. The van der Waals surface area contributed by atoms with Gasteiger partial charge in [0.25, 0.3) is 0 Å². The molecular weight excluding hydrogens is 345 g/mol. The SMILES string of the molecule is Clc1cc(Br)cc(-c2ocnc2CBr)c1. The van der Waals surface area contributed by atoms with E-state index in [1.807, 2.05) is 18.2 Å². The minimum absolute atomic E-state index is 0.656. The predicted molar refractivity (Wildman–Crippen MR) is 67.3 cm³/mol. The number of rotatable bonds is 2. The van der Waals surface area contributed by atoms with Crippen molar-refractivity contribution in [1.29, 1.82) is 0 Å². The second-order valence-electron chi connectivity index (χ2n) is 2.92. The summed E-state index contributed by atoms with van der Waals surface area (Å²) in [5, 5.41) is 1.32. The highest BCUT2D eigenvalue weighted by Crippen LogP contribution is 2.30. The topological polar surface area (TPSA) is 26.0 Å². The molecule has 15 heavy (non-hydrogen) atoms. The van der Waals surface area contributed by atoms with Crippen molar-refractivity contribution in [3.63, 3.8) is 0 Å². The third kappa shape index (κ3) is 2.44. The zero-order valence-electron chi connectivity index (χ0n) is 7.51. The van der Waals surface area contributed by atoms with E-state index in [2.05, 4.69) is 36.8 Å². The first-order valence-electron chi connectivity index (χ1n) is 4.15. The first-order chi connectivity index (χ1) is 7.20. The first kappa shape index (κ1) is 11.2. The Kier molecular flexibility index (Phi) is 3.49. The van der Waals surface area contributed by atoms with Crippen LogP contribution in [0.2, 0.25) is 5.02 Å². The Hall–Kier alpha value is -0.320. The Morgan fingerprint density at radius 3 is 2.80 bits per heavy atom. The van der Waals surface area contributed by atoms with Crippen LogP contribution in [0, 0.1) is 0 Å². The monoisotopic (exact) mass is 349 g/mol. The molecule has 0 radical (unpaired) electrons. The second kappa shape index (κ2) is 4.68. The normalized spacial score (nSPS) is 10.6. The zero-order valence-corrected chi connectivity index (χ0v) is 11.4. The van der Waals surface area contributed by atoms with Crippen molar-refractivity contribution in [2.45, 2.75) is 5.33 Å².